The predicted octanol–water partition coefficient (Wildman–Crippen LogP) is 3.82. The van der Waals surface area contributed by atoms with Gasteiger partial charge in [-0.1, -0.05) is 73.6 Å². The van der Waals surface area contributed by atoms with E-state index in [-0.39, 0.29) is 18.0 Å². The maximum atomic E-state index is 13.3. The number of benzene rings is 2. The first kappa shape index (κ1) is 20.8. The largest absolute Gasteiger partial charge is 0.466 e. The lowest BCUT2D eigenvalue weighted by Gasteiger charge is -2.27. The number of rotatable bonds is 6. The molecular formula is C25H26N2O4. The molecular weight excluding hydrogens is 392 g/mol. The molecule has 0 spiro atoms. The van der Waals surface area contributed by atoms with Crippen LogP contribution in [-0.4, -0.2) is 41.7 Å². The summed E-state index contributed by atoms with van der Waals surface area (Å²) in [7, 11) is 1.29. The highest BCUT2D eigenvalue weighted by atomic mass is 16.7. The van der Waals surface area contributed by atoms with Gasteiger partial charge in [-0.15, -0.1) is 0 Å². The van der Waals surface area contributed by atoms with Crippen molar-refractivity contribution in [2.24, 2.45) is 5.16 Å². The SMILES string of the molecule is CCC(C)c1ccccc1C1=NOC2(C(=O)OC)CN(Cc3ccccc3)C(=O)C2=C1. The molecule has 160 valence electrons. The molecule has 0 bridgehead atoms. The summed E-state index contributed by atoms with van der Waals surface area (Å²) in [5.74, 6) is -0.554. The third-order valence-electron chi connectivity index (χ3n) is 6.06. The molecule has 0 saturated carbocycles. The number of carbonyl (C=O) groups is 2. The highest BCUT2D eigenvalue weighted by Crippen LogP contribution is 2.38. The fourth-order valence-corrected chi connectivity index (χ4v) is 4.13. The van der Waals surface area contributed by atoms with Gasteiger partial charge in [-0.3, -0.25) is 4.79 Å². The number of allylic oxidation sites excluding steroid dienone is 1. The highest BCUT2D eigenvalue weighted by Gasteiger charge is 2.59. The molecule has 0 N–H and O–H groups in total. The van der Waals surface area contributed by atoms with Crippen molar-refractivity contribution in [3.8, 4) is 0 Å². The standard InChI is InChI=1S/C25H26N2O4/c1-4-17(2)19-12-8-9-13-20(19)22-14-21-23(28)27(15-18-10-6-5-7-11-18)16-25(21,31-26-22)24(29)30-3/h5-14,17H,4,15-16H2,1-3H3. The number of amides is 1. The van der Waals surface area contributed by atoms with Gasteiger partial charge in [0.05, 0.1) is 19.2 Å². The molecule has 4 rings (SSSR count). The summed E-state index contributed by atoms with van der Waals surface area (Å²) in [6, 6.07) is 17.6. The molecule has 2 heterocycles. The number of esters is 1. The zero-order chi connectivity index (χ0) is 22.0. The van der Waals surface area contributed by atoms with Gasteiger partial charge in [0, 0.05) is 12.1 Å². The van der Waals surface area contributed by atoms with E-state index < -0.39 is 11.6 Å². The number of oxime groups is 1. The van der Waals surface area contributed by atoms with Crippen LogP contribution in [0.5, 0.6) is 0 Å². The maximum Gasteiger partial charge on any atom is 0.360 e. The molecule has 0 radical (unpaired) electrons. The molecule has 6 heteroatoms. The van der Waals surface area contributed by atoms with Crippen LogP contribution < -0.4 is 0 Å². The van der Waals surface area contributed by atoms with E-state index in [1.54, 1.807) is 11.0 Å². The number of hydrogen-bond acceptors (Lipinski definition) is 5. The smallest absolute Gasteiger partial charge is 0.360 e. The van der Waals surface area contributed by atoms with E-state index in [9.17, 15) is 9.59 Å². The van der Waals surface area contributed by atoms with E-state index in [1.165, 1.54) is 7.11 Å². The number of likely N-dealkylation sites (tertiary alicyclic amines) is 1. The van der Waals surface area contributed by atoms with Crippen LogP contribution in [0.4, 0.5) is 0 Å². The van der Waals surface area contributed by atoms with Crippen molar-refractivity contribution in [3.63, 3.8) is 0 Å². The Labute approximate surface area is 182 Å². The van der Waals surface area contributed by atoms with Crippen molar-refractivity contribution in [2.75, 3.05) is 13.7 Å². The minimum Gasteiger partial charge on any atom is -0.466 e. The van der Waals surface area contributed by atoms with Gasteiger partial charge in [0.25, 0.3) is 11.5 Å². The average Bonchev–Trinajstić information content (AvgIpc) is 3.10. The highest BCUT2D eigenvalue weighted by molar-refractivity contribution is 6.17. The first-order valence-electron chi connectivity index (χ1n) is 10.5. The number of ether oxygens (including phenoxy) is 1. The van der Waals surface area contributed by atoms with E-state index in [1.807, 2.05) is 48.5 Å². The van der Waals surface area contributed by atoms with Gasteiger partial charge in [-0.25, -0.2) is 4.79 Å². The summed E-state index contributed by atoms with van der Waals surface area (Å²) < 4.78 is 5.01. The third kappa shape index (κ3) is 3.63. The lowest BCUT2D eigenvalue weighted by molar-refractivity contribution is -0.164. The van der Waals surface area contributed by atoms with Crippen LogP contribution in [0.2, 0.25) is 0 Å². The summed E-state index contributed by atoms with van der Waals surface area (Å²) in [5.41, 5.74) is 2.26. The first-order chi connectivity index (χ1) is 15.0. The van der Waals surface area contributed by atoms with Gasteiger partial charge >= 0.3 is 5.97 Å². The number of nitrogens with zero attached hydrogens (tertiary/aromatic N) is 2. The molecule has 2 aliphatic rings. The summed E-state index contributed by atoms with van der Waals surface area (Å²) in [6.07, 6.45) is 2.66. The average molecular weight is 418 g/mol. The Morgan fingerprint density at radius 2 is 1.90 bits per heavy atom. The Morgan fingerprint density at radius 3 is 2.61 bits per heavy atom. The second kappa shape index (κ2) is 8.38. The molecule has 2 atom stereocenters. The maximum absolute atomic E-state index is 13.3. The van der Waals surface area contributed by atoms with Crippen LogP contribution in [0.25, 0.3) is 0 Å². The van der Waals surface area contributed by atoms with Gasteiger partial charge in [-0.2, -0.15) is 0 Å². The monoisotopic (exact) mass is 418 g/mol. The van der Waals surface area contributed by atoms with Crippen molar-refractivity contribution >= 4 is 17.6 Å². The van der Waals surface area contributed by atoms with Gasteiger partial charge in [0.1, 0.15) is 5.71 Å². The Bertz CT molecular complexity index is 1060. The topological polar surface area (TPSA) is 68.2 Å². The molecule has 2 unspecified atom stereocenters. The van der Waals surface area contributed by atoms with Gasteiger partial charge < -0.3 is 14.5 Å². The van der Waals surface area contributed by atoms with E-state index >= 15 is 0 Å². The van der Waals surface area contributed by atoms with Crippen molar-refractivity contribution in [1.29, 1.82) is 0 Å². The van der Waals surface area contributed by atoms with Gasteiger partial charge in [0.2, 0.25) is 0 Å². The van der Waals surface area contributed by atoms with E-state index in [4.69, 9.17) is 9.57 Å². The van der Waals surface area contributed by atoms with Crippen LogP contribution >= 0.6 is 0 Å². The summed E-state index contributed by atoms with van der Waals surface area (Å²) in [5, 5.41) is 4.30. The van der Waals surface area contributed by atoms with Crippen molar-refractivity contribution in [2.45, 2.75) is 38.3 Å². The molecule has 31 heavy (non-hydrogen) atoms. The van der Waals surface area contributed by atoms with Crippen LogP contribution in [0.1, 0.15) is 42.9 Å². The van der Waals surface area contributed by atoms with Crippen LogP contribution in [0.15, 0.2) is 71.4 Å². The van der Waals surface area contributed by atoms with Gasteiger partial charge in [0.15, 0.2) is 0 Å². The minimum absolute atomic E-state index is 0.0586. The lowest BCUT2D eigenvalue weighted by Crippen LogP contribution is -2.46. The minimum atomic E-state index is -1.55. The van der Waals surface area contributed by atoms with Crippen molar-refractivity contribution in [3.05, 3.63) is 82.9 Å². The molecule has 0 aliphatic carbocycles. The summed E-state index contributed by atoms with van der Waals surface area (Å²) in [4.78, 5) is 33.5. The van der Waals surface area contributed by atoms with Crippen molar-refractivity contribution in [1.82, 2.24) is 4.90 Å². The molecule has 1 fully saturated rings. The van der Waals surface area contributed by atoms with E-state index in [2.05, 4.69) is 25.1 Å². The van der Waals surface area contributed by atoms with Crippen LogP contribution in [0.3, 0.4) is 0 Å². The van der Waals surface area contributed by atoms with E-state index in [0.717, 1.165) is 23.1 Å². The van der Waals surface area contributed by atoms with Crippen LogP contribution in [0, 0.1) is 0 Å². The van der Waals surface area contributed by atoms with Crippen molar-refractivity contribution < 1.29 is 19.2 Å². The summed E-state index contributed by atoms with van der Waals surface area (Å²) in [6.45, 7) is 4.71. The summed E-state index contributed by atoms with van der Waals surface area (Å²) >= 11 is 0. The second-order valence-electron chi connectivity index (χ2n) is 7.99. The van der Waals surface area contributed by atoms with Crippen LogP contribution in [-0.2, 0) is 25.7 Å². The molecule has 2 aromatic rings. The third-order valence-corrected chi connectivity index (χ3v) is 6.06. The quantitative estimate of drug-likeness (QED) is 0.669. The zero-order valence-electron chi connectivity index (χ0n) is 18.0. The lowest BCUT2D eigenvalue weighted by atomic mass is 9.88. The fourth-order valence-electron chi connectivity index (χ4n) is 4.13. The Hall–Kier alpha value is -3.41. The predicted molar refractivity (Wildman–Crippen MR) is 117 cm³/mol. The first-order valence-corrected chi connectivity index (χ1v) is 10.5. The molecule has 6 nitrogen and oxygen atoms in total. The Morgan fingerprint density at radius 1 is 1.19 bits per heavy atom. The number of methoxy groups -OCH3 is 1. The van der Waals surface area contributed by atoms with Gasteiger partial charge in [-0.05, 0) is 29.5 Å². The Kier molecular flexibility index (Phi) is 5.63. The molecule has 2 aliphatic heterocycles. The second-order valence-corrected chi connectivity index (χ2v) is 7.99. The normalized spacial score (nSPS) is 21.0. The molecule has 2 aromatic carbocycles. The number of carbonyl (C=O) groups excluding carboxylic acids is 2. The Balaban J connectivity index is 1.73. The molecule has 1 saturated heterocycles. The molecule has 1 amide bonds. The fraction of sp³-hybridized carbons (Fsp3) is 0.320. The van der Waals surface area contributed by atoms with E-state index in [0.29, 0.717) is 18.2 Å². The zero-order valence-corrected chi connectivity index (χ0v) is 18.0. The number of fused-ring (bicyclic) bond motifs is 1. The molecule has 0 aromatic heterocycles. The number of hydrogen-bond donors (Lipinski definition) is 0.